The number of furan rings is 1. The third kappa shape index (κ3) is 4.28. The number of carbonyl (C=O) groups is 1. The maximum Gasteiger partial charge on any atom is 0.387 e. The summed E-state index contributed by atoms with van der Waals surface area (Å²) in [6, 6.07) is 9.33. The summed E-state index contributed by atoms with van der Waals surface area (Å²) in [6.07, 6.45) is 0. The lowest BCUT2D eigenvalue weighted by Crippen LogP contribution is -2.14. The first-order valence-electron chi connectivity index (χ1n) is 6.11. The van der Waals surface area contributed by atoms with Crippen LogP contribution in [0.25, 0.3) is 0 Å². The van der Waals surface area contributed by atoms with Crippen molar-refractivity contribution in [1.29, 1.82) is 0 Å². The first kappa shape index (κ1) is 15.0. The highest BCUT2D eigenvalue weighted by molar-refractivity contribution is 5.84. The van der Waals surface area contributed by atoms with Crippen molar-refractivity contribution in [2.75, 3.05) is 0 Å². The molecule has 0 radical (unpaired) electrons. The first-order valence-corrected chi connectivity index (χ1v) is 6.11. The standard InChI is InChI=1S/C14H13F2NO4/c15-14(16)21-11-4-2-1-3-9(11)7-17-8-10-5-6-12(20-10)13(18)19/h1-6,14,17H,7-8H2,(H,18,19). The van der Waals surface area contributed by atoms with Crippen molar-refractivity contribution in [3.05, 3.63) is 53.5 Å². The zero-order valence-corrected chi connectivity index (χ0v) is 10.9. The number of hydrogen-bond donors (Lipinski definition) is 2. The molecule has 1 aromatic heterocycles. The number of hydrogen-bond acceptors (Lipinski definition) is 4. The van der Waals surface area contributed by atoms with Gasteiger partial charge in [-0.2, -0.15) is 8.78 Å². The van der Waals surface area contributed by atoms with Crippen LogP contribution in [0.5, 0.6) is 5.75 Å². The SMILES string of the molecule is O=C(O)c1ccc(CNCc2ccccc2OC(F)F)o1. The molecule has 0 saturated heterocycles. The zero-order chi connectivity index (χ0) is 15.2. The fourth-order valence-electron chi connectivity index (χ4n) is 1.77. The van der Waals surface area contributed by atoms with Gasteiger partial charge in [-0.25, -0.2) is 4.79 Å². The van der Waals surface area contributed by atoms with Gasteiger partial charge in [-0.3, -0.25) is 0 Å². The average molecular weight is 297 g/mol. The van der Waals surface area contributed by atoms with Crippen LogP contribution in [0.2, 0.25) is 0 Å². The van der Waals surface area contributed by atoms with Crippen molar-refractivity contribution in [3.63, 3.8) is 0 Å². The van der Waals surface area contributed by atoms with Crippen molar-refractivity contribution < 1.29 is 27.8 Å². The van der Waals surface area contributed by atoms with Crippen LogP contribution in [0.15, 0.2) is 40.8 Å². The lowest BCUT2D eigenvalue weighted by Gasteiger charge is -2.10. The molecule has 1 aromatic carbocycles. The minimum atomic E-state index is -2.88. The molecule has 2 rings (SSSR count). The average Bonchev–Trinajstić information content (AvgIpc) is 2.89. The Morgan fingerprint density at radius 1 is 1.24 bits per heavy atom. The maximum atomic E-state index is 12.3. The molecule has 5 nitrogen and oxygen atoms in total. The fraction of sp³-hybridized carbons (Fsp3) is 0.214. The molecule has 21 heavy (non-hydrogen) atoms. The smallest absolute Gasteiger partial charge is 0.387 e. The van der Waals surface area contributed by atoms with Gasteiger partial charge in [-0.1, -0.05) is 18.2 Å². The summed E-state index contributed by atoms with van der Waals surface area (Å²) in [5, 5.41) is 11.7. The highest BCUT2D eigenvalue weighted by Crippen LogP contribution is 2.20. The van der Waals surface area contributed by atoms with Crippen LogP contribution < -0.4 is 10.1 Å². The van der Waals surface area contributed by atoms with E-state index >= 15 is 0 Å². The van der Waals surface area contributed by atoms with E-state index < -0.39 is 12.6 Å². The number of ether oxygens (including phenoxy) is 1. The molecule has 0 unspecified atom stereocenters. The Morgan fingerprint density at radius 3 is 2.67 bits per heavy atom. The second kappa shape index (κ2) is 6.85. The van der Waals surface area contributed by atoms with Gasteiger partial charge in [-0.05, 0) is 18.2 Å². The van der Waals surface area contributed by atoms with Gasteiger partial charge in [0, 0.05) is 12.1 Å². The van der Waals surface area contributed by atoms with E-state index in [4.69, 9.17) is 9.52 Å². The molecule has 0 aliphatic carbocycles. The molecule has 7 heteroatoms. The van der Waals surface area contributed by atoms with Crippen LogP contribution in [0, 0.1) is 0 Å². The van der Waals surface area contributed by atoms with Gasteiger partial charge in [-0.15, -0.1) is 0 Å². The van der Waals surface area contributed by atoms with E-state index in [1.165, 1.54) is 18.2 Å². The predicted octanol–water partition coefficient (Wildman–Crippen LogP) is 2.87. The minimum absolute atomic E-state index is 0.102. The number of aromatic carboxylic acids is 1. The number of carboxylic acid groups (broad SMARTS) is 1. The van der Waals surface area contributed by atoms with Crippen LogP contribution in [0.1, 0.15) is 21.9 Å². The normalized spacial score (nSPS) is 10.8. The van der Waals surface area contributed by atoms with Gasteiger partial charge < -0.3 is 19.6 Å². The minimum Gasteiger partial charge on any atom is -0.475 e. The Balaban J connectivity index is 1.92. The first-order chi connectivity index (χ1) is 10.1. The molecule has 0 fully saturated rings. The van der Waals surface area contributed by atoms with Gasteiger partial charge in [0.1, 0.15) is 11.5 Å². The number of rotatable bonds is 7. The molecule has 0 amide bonds. The molecular formula is C14H13F2NO4. The molecule has 112 valence electrons. The summed E-state index contributed by atoms with van der Waals surface area (Å²) in [4.78, 5) is 10.7. The Kier molecular flexibility index (Phi) is 4.89. The number of alkyl halides is 2. The Morgan fingerprint density at radius 2 is 2.00 bits per heavy atom. The summed E-state index contributed by atoms with van der Waals surface area (Å²) in [7, 11) is 0. The number of carboxylic acids is 1. The van der Waals surface area contributed by atoms with E-state index in [0.29, 0.717) is 11.3 Å². The molecule has 0 saturated carbocycles. The van der Waals surface area contributed by atoms with E-state index in [-0.39, 0.29) is 24.6 Å². The topological polar surface area (TPSA) is 71.7 Å². The van der Waals surface area contributed by atoms with Crippen LogP contribution in [-0.2, 0) is 13.1 Å². The molecule has 0 aliphatic heterocycles. The Hall–Kier alpha value is -2.41. The van der Waals surface area contributed by atoms with E-state index in [0.717, 1.165) is 0 Å². The highest BCUT2D eigenvalue weighted by atomic mass is 19.3. The summed E-state index contributed by atoms with van der Waals surface area (Å²) >= 11 is 0. The highest BCUT2D eigenvalue weighted by Gasteiger charge is 2.10. The molecule has 1 heterocycles. The van der Waals surface area contributed by atoms with Crippen molar-refractivity contribution >= 4 is 5.97 Å². The molecule has 2 aromatic rings. The number of benzene rings is 1. The van der Waals surface area contributed by atoms with Gasteiger partial charge in [0.2, 0.25) is 5.76 Å². The van der Waals surface area contributed by atoms with Crippen molar-refractivity contribution in [2.45, 2.75) is 19.7 Å². The van der Waals surface area contributed by atoms with Crippen LogP contribution in [0.4, 0.5) is 8.78 Å². The quantitative estimate of drug-likeness (QED) is 0.822. The molecule has 0 aliphatic rings. The van der Waals surface area contributed by atoms with E-state index in [2.05, 4.69) is 10.1 Å². The van der Waals surface area contributed by atoms with Crippen molar-refractivity contribution in [3.8, 4) is 5.75 Å². The van der Waals surface area contributed by atoms with Crippen LogP contribution in [-0.4, -0.2) is 17.7 Å². The molecule has 2 N–H and O–H groups in total. The summed E-state index contributed by atoms with van der Waals surface area (Å²) in [6.45, 7) is -2.32. The van der Waals surface area contributed by atoms with Gasteiger partial charge >= 0.3 is 12.6 Å². The van der Waals surface area contributed by atoms with Crippen LogP contribution in [0.3, 0.4) is 0 Å². The molecular weight excluding hydrogens is 284 g/mol. The lowest BCUT2D eigenvalue weighted by molar-refractivity contribution is -0.0505. The Bertz CT molecular complexity index is 613. The monoisotopic (exact) mass is 297 g/mol. The molecule has 0 bridgehead atoms. The Labute approximate surface area is 119 Å². The largest absolute Gasteiger partial charge is 0.475 e. The predicted molar refractivity (Wildman–Crippen MR) is 69.3 cm³/mol. The third-order valence-corrected chi connectivity index (χ3v) is 2.68. The maximum absolute atomic E-state index is 12.3. The zero-order valence-electron chi connectivity index (χ0n) is 10.9. The summed E-state index contributed by atoms with van der Waals surface area (Å²) < 4.78 is 34.0. The molecule has 0 spiro atoms. The van der Waals surface area contributed by atoms with Crippen molar-refractivity contribution in [2.24, 2.45) is 0 Å². The van der Waals surface area contributed by atoms with E-state index in [1.54, 1.807) is 18.2 Å². The molecule has 0 atom stereocenters. The number of nitrogens with one attached hydrogen (secondary N) is 1. The summed E-state index contributed by atoms with van der Waals surface area (Å²) in [5.41, 5.74) is 0.572. The van der Waals surface area contributed by atoms with E-state index in [9.17, 15) is 13.6 Å². The van der Waals surface area contributed by atoms with Gasteiger partial charge in [0.15, 0.2) is 0 Å². The number of para-hydroxylation sites is 1. The third-order valence-electron chi connectivity index (χ3n) is 2.68. The van der Waals surface area contributed by atoms with Gasteiger partial charge in [0.05, 0.1) is 6.54 Å². The lowest BCUT2D eigenvalue weighted by atomic mass is 10.2. The van der Waals surface area contributed by atoms with Crippen molar-refractivity contribution in [1.82, 2.24) is 5.32 Å². The summed E-state index contributed by atoms with van der Waals surface area (Å²) in [5.74, 6) is -0.740. The van der Waals surface area contributed by atoms with Crippen LogP contribution >= 0.6 is 0 Å². The second-order valence-corrected chi connectivity index (χ2v) is 4.16. The van der Waals surface area contributed by atoms with E-state index in [1.807, 2.05) is 0 Å². The number of halogens is 2. The fourth-order valence-corrected chi connectivity index (χ4v) is 1.77. The second-order valence-electron chi connectivity index (χ2n) is 4.16. The van der Waals surface area contributed by atoms with Gasteiger partial charge in [0.25, 0.3) is 0 Å².